The number of anilines is 1. The first-order chi connectivity index (χ1) is 9.42. The number of nitrogens with one attached hydrogen (secondary N) is 2. The maximum absolute atomic E-state index is 11.6. The summed E-state index contributed by atoms with van der Waals surface area (Å²) in [7, 11) is 1.50. The Morgan fingerprint density at radius 1 is 1.20 bits per heavy atom. The number of rotatable bonds is 6. The largest absolute Gasteiger partial charge is 0.497 e. The Kier molecular flexibility index (Phi) is 5.33. The number of methoxy groups -OCH3 is 1. The molecule has 1 aromatic rings. The zero-order valence-electron chi connectivity index (χ0n) is 10.6. The first-order valence-electron chi connectivity index (χ1n) is 5.58. The van der Waals surface area contributed by atoms with Gasteiger partial charge >= 0.3 is 18.0 Å². The molecule has 0 aliphatic rings. The van der Waals surface area contributed by atoms with Gasteiger partial charge in [-0.3, -0.25) is 4.79 Å². The van der Waals surface area contributed by atoms with Crippen molar-refractivity contribution in [2.24, 2.45) is 0 Å². The van der Waals surface area contributed by atoms with Crippen LogP contribution in [0.3, 0.4) is 0 Å². The quantitative estimate of drug-likeness (QED) is 0.610. The summed E-state index contributed by atoms with van der Waals surface area (Å²) in [5.74, 6) is -2.13. The Hall–Kier alpha value is -2.77. The number of hydrogen-bond acceptors (Lipinski definition) is 4. The molecule has 0 unspecified atom stereocenters. The Bertz CT molecular complexity index is 499. The highest BCUT2D eigenvalue weighted by Gasteiger charge is 2.22. The third kappa shape index (κ3) is 4.84. The molecule has 0 radical (unpaired) electrons. The molecule has 0 saturated carbocycles. The van der Waals surface area contributed by atoms with Crippen molar-refractivity contribution in [1.82, 2.24) is 5.32 Å². The highest BCUT2D eigenvalue weighted by molar-refractivity contribution is 5.93. The van der Waals surface area contributed by atoms with E-state index in [9.17, 15) is 14.4 Å². The molecule has 1 aromatic carbocycles. The van der Waals surface area contributed by atoms with E-state index in [2.05, 4.69) is 10.6 Å². The molecule has 4 N–H and O–H groups in total. The van der Waals surface area contributed by atoms with Crippen molar-refractivity contribution in [2.75, 3.05) is 12.4 Å². The van der Waals surface area contributed by atoms with Crippen molar-refractivity contribution in [3.63, 3.8) is 0 Å². The van der Waals surface area contributed by atoms with E-state index in [1.165, 1.54) is 7.11 Å². The number of carboxylic acids is 2. The van der Waals surface area contributed by atoms with Crippen molar-refractivity contribution in [1.29, 1.82) is 0 Å². The van der Waals surface area contributed by atoms with Crippen molar-refractivity contribution in [3.8, 4) is 5.75 Å². The molecule has 0 aliphatic carbocycles. The van der Waals surface area contributed by atoms with Crippen molar-refractivity contribution in [2.45, 2.75) is 12.5 Å². The molecular weight excluding hydrogens is 268 g/mol. The summed E-state index contributed by atoms with van der Waals surface area (Å²) in [5.41, 5.74) is 0.419. The predicted molar refractivity (Wildman–Crippen MR) is 68.8 cm³/mol. The van der Waals surface area contributed by atoms with E-state index in [-0.39, 0.29) is 0 Å². The molecule has 0 heterocycles. The molecule has 0 aromatic heterocycles. The van der Waals surface area contributed by atoms with Gasteiger partial charge in [0, 0.05) is 5.69 Å². The molecule has 0 aliphatic heterocycles. The Morgan fingerprint density at radius 2 is 1.80 bits per heavy atom. The number of carbonyl (C=O) groups is 3. The van der Waals surface area contributed by atoms with Gasteiger partial charge in [-0.25, -0.2) is 9.59 Å². The van der Waals surface area contributed by atoms with Crippen LogP contribution in [0.2, 0.25) is 0 Å². The highest BCUT2D eigenvalue weighted by Crippen LogP contribution is 2.14. The summed E-state index contributed by atoms with van der Waals surface area (Å²) in [6.45, 7) is 0. The molecular formula is C12H14N2O6. The number of urea groups is 1. The van der Waals surface area contributed by atoms with Crippen molar-refractivity contribution in [3.05, 3.63) is 24.3 Å². The highest BCUT2D eigenvalue weighted by atomic mass is 16.5. The minimum atomic E-state index is -1.49. The zero-order chi connectivity index (χ0) is 15.1. The fourth-order valence-electron chi connectivity index (χ4n) is 1.37. The van der Waals surface area contributed by atoms with E-state index >= 15 is 0 Å². The molecule has 8 heteroatoms. The van der Waals surface area contributed by atoms with E-state index < -0.39 is 30.4 Å². The molecule has 1 rings (SSSR count). The number of amides is 2. The lowest BCUT2D eigenvalue weighted by molar-refractivity contribution is -0.145. The number of carboxylic acid groups (broad SMARTS) is 2. The van der Waals surface area contributed by atoms with Gasteiger partial charge in [0.1, 0.15) is 11.8 Å². The normalized spacial score (nSPS) is 11.2. The van der Waals surface area contributed by atoms with Gasteiger partial charge in [0.25, 0.3) is 0 Å². The molecule has 108 valence electrons. The van der Waals surface area contributed by atoms with Crippen LogP contribution in [0.15, 0.2) is 24.3 Å². The monoisotopic (exact) mass is 282 g/mol. The summed E-state index contributed by atoms with van der Waals surface area (Å²) in [5, 5.41) is 21.8. The van der Waals surface area contributed by atoms with E-state index in [0.29, 0.717) is 11.4 Å². The molecule has 0 bridgehead atoms. The molecule has 2 amide bonds. The number of hydrogen-bond donors (Lipinski definition) is 4. The minimum absolute atomic E-state index is 0.419. The predicted octanol–water partition coefficient (Wildman–Crippen LogP) is 0.745. The average molecular weight is 282 g/mol. The fourth-order valence-corrected chi connectivity index (χ4v) is 1.37. The van der Waals surface area contributed by atoms with Crippen LogP contribution in [0.25, 0.3) is 0 Å². The maximum Gasteiger partial charge on any atom is 0.326 e. The van der Waals surface area contributed by atoms with Crippen LogP contribution in [-0.4, -0.2) is 41.3 Å². The van der Waals surface area contributed by atoms with Crippen LogP contribution >= 0.6 is 0 Å². The van der Waals surface area contributed by atoms with Crippen molar-refractivity contribution >= 4 is 23.7 Å². The van der Waals surface area contributed by atoms with E-state index in [4.69, 9.17) is 14.9 Å². The van der Waals surface area contributed by atoms with Gasteiger partial charge in [0.2, 0.25) is 0 Å². The van der Waals surface area contributed by atoms with Crippen molar-refractivity contribution < 1.29 is 29.3 Å². The lowest BCUT2D eigenvalue weighted by Gasteiger charge is -2.13. The summed E-state index contributed by atoms with van der Waals surface area (Å²) < 4.78 is 4.94. The van der Waals surface area contributed by atoms with Crippen LogP contribution in [0.5, 0.6) is 5.75 Å². The molecule has 0 saturated heterocycles. The van der Waals surface area contributed by atoms with Crippen LogP contribution in [0.1, 0.15) is 6.42 Å². The standard InChI is InChI=1S/C12H14N2O6/c1-20-8-4-2-7(3-5-8)13-12(19)14-9(11(17)18)6-10(15)16/h2-5,9H,6H2,1H3,(H,15,16)(H,17,18)(H2,13,14,19)/t9-/m0/s1. The summed E-state index contributed by atoms with van der Waals surface area (Å²) in [6, 6.07) is 4.05. The lowest BCUT2D eigenvalue weighted by Crippen LogP contribution is -2.44. The van der Waals surface area contributed by atoms with Gasteiger partial charge in [-0.1, -0.05) is 0 Å². The van der Waals surface area contributed by atoms with Crippen LogP contribution in [-0.2, 0) is 9.59 Å². The lowest BCUT2D eigenvalue weighted by atomic mass is 10.2. The smallest absolute Gasteiger partial charge is 0.326 e. The van der Waals surface area contributed by atoms with E-state index in [1.54, 1.807) is 24.3 Å². The van der Waals surface area contributed by atoms with E-state index in [0.717, 1.165) is 0 Å². The van der Waals surface area contributed by atoms with Crippen LogP contribution < -0.4 is 15.4 Å². The third-order valence-corrected chi connectivity index (χ3v) is 2.33. The second-order valence-corrected chi connectivity index (χ2v) is 3.82. The van der Waals surface area contributed by atoms with Gasteiger partial charge in [0.15, 0.2) is 0 Å². The number of benzene rings is 1. The van der Waals surface area contributed by atoms with Gasteiger partial charge in [0.05, 0.1) is 13.5 Å². The first-order valence-corrected chi connectivity index (χ1v) is 5.58. The number of carbonyl (C=O) groups excluding carboxylic acids is 1. The minimum Gasteiger partial charge on any atom is -0.497 e. The third-order valence-electron chi connectivity index (χ3n) is 2.33. The SMILES string of the molecule is COc1ccc(NC(=O)N[C@@H](CC(=O)O)C(=O)O)cc1. The maximum atomic E-state index is 11.6. The van der Waals surface area contributed by atoms with Crippen LogP contribution in [0, 0.1) is 0 Å². The fraction of sp³-hybridized carbons (Fsp3) is 0.250. The second kappa shape index (κ2) is 6.98. The summed E-state index contributed by atoms with van der Waals surface area (Å²) in [4.78, 5) is 32.8. The molecule has 20 heavy (non-hydrogen) atoms. The summed E-state index contributed by atoms with van der Waals surface area (Å²) >= 11 is 0. The Morgan fingerprint density at radius 3 is 2.25 bits per heavy atom. The number of aliphatic carboxylic acids is 2. The molecule has 0 fully saturated rings. The number of ether oxygens (including phenoxy) is 1. The molecule has 1 atom stereocenters. The van der Waals surface area contributed by atoms with Gasteiger partial charge in [-0.2, -0.15) is 0 Å². The van der Waals surface area contributed by atoms with E-state index in [1.807, 2.05) is 0 Å². The van der Waals surface area contributed by atoms with Gasteiger partial charge < -0.3 is 25.6 Å². The zero-order valence-corrected chi connectivity index (χ0v) is 10.6. The van der Waals surface area contributed by atoms with Crippen LogP contribution in [0.4, 0.5) is 10.5 Å². The molecule has 0 spiro atoms. The molecule has 8 nitrogen and oxygen atoms in total. The first kappa shape index (κ1) is 15.3. The summed E-state index contributed by atoms with van der Waals surface area (Å²) in [6.07, 6.45) is -0.703. The average Bonchev–Trinajstić information content (AvgIpc) is 2.38. The second-order valence-electron chi connectivity index (χ2n) is 3.82. The Labute approximate surface area is 114 Å². The van der Waals surface area contributed by atoms with Gasteiger partial charge in [-0.05, 0) is 24.3 Å². The van der Waals surface area contributed by atoms with Gasteiger partial charge in [-0.15, -0.1) is 0 Å². The Balaban J connectivity index is 2.60. The topological polar surface area (TPSA) is 125 Å².